The fraction of sp³-hybridized carbons (Fsp3) is 0.188. The molecule has 0 aliphatic heterocycles. The van der Waals surface area contributed by atoms with Gasteiger partial charge in [0.05, 0.1) is 16.9 Å². The number of methoxy groups -OCH3 is 1. The van der Waals surface area contributed by atoms with Crippen LogP contribution in [0, 0.1) is 10.1 Å². The van der Waals surface area contributed by atoms with E-state index < -0.39 is 27.0 Å². The van der Waals surface area contributed by atoms with Crippen LogP contribution in [0.15, 0.2) is 59.5 Å². The minimum atomic E-state index is -4.05. The summed E-state index contributed by atoms with van der Waals surface area (Å²) in [6, 6.07) is 12.1. The maximum absolute atomic E-state index is 12.4. The SMILES string of the molecule is COC(=O)C(Cc1ccccc1)NS(=O)(=O)c1ccc([N+](=O)[O-])cc1. The summed E-state index contributed by atoms with van der Waals surface area (Å²) < 4.78 is 31.8. The van der Waals surface area contributed by atoms with Crippen molar-refractivity contribution in [2.45, 2.75) is 17.4 Å². The number of carbonyl (C=O) groups is 1. The summed E-state index contributed by atoms with van der Waals surface area (Å²) in [5, 5.41) is 10.7. The Hall–Kier alpha value is -2.78. The molecule has 0 amide bonds. The van der Waals surface area contributed by atoms with Crippen molar-refractivity contribution in [1.82, 2.24) is 4.72 Å². The molecular weight excluding hydrogens is 348 g/mol. The zero-order valence-corrected chi connectivity index (χ0v) is 14.1. The van der Waals surface area contributed by atoms with Gasteiger partial charge >= 0.3 is 5.97 Å². The molecule has 0 saturated heterocycles. The molecule has 2 aromatic rings. The Kier molecular flexibility index (Phi) is 5.84. The van der Waals surface area contributed by atoms with Gasteiger partial charge in [-0.15, -0.1) is 0 Å². The highest BCUT2D eigenvalue weighted by Gasteiger charge is 2.27. The number of nitrogens with zero attached hydrogens (tertiary/aromatic N) is 1. The maximum Gasteiger partial charge on any atom is 0.324 e. The lowest BCUT2D eigenvalue weighted by atomic mass is 10.1. The van der Waals surface area contributed by atoms with E-state index in [1.165, 1.54) is 7.11 Å². The molecular formula is C16H16N2O6S. The Labute approximate surface area is 144 Å². The van der Waals surface area contributed by atoms with Gasteiger partial charge in [-0.05, 0) is 24.1 Å². The number of nitro groups is 1. The fourth-order valence-electron chi connectivity index (χ4n) is 2.17. The second kappa shape index (κ2) is 7.86. The first-order valence-electron chi connectivity index (χ1n) is 7.22. The van der Waals surface area contributed by atoms with E-state index >= 15 is 0 Å². The third kappa shape index (κ3) is 4.85. The summed E-state index contributed by atoms with van der Waals surface area (Å²) in [7, 11) is -2.88. The Bertz CT molecular complexity index is 850. The number of benzene rings is 2. The quantitative estimate of drug-likeness (QED) is 0.454. The standard InChI is InChI=1S/C16H16N2O6S/c1-24-16(19)15(11-12-5-3-2-4-6-12)17-25(22,23)14-9-7-13(8-10-14)18(20)21/h2-10,15,17H,11H2,1H3. The molecule has 0 aliphatic carbocycles. The number of hydrogen-bond donors (Lipinski definition) is 1. The van der Waals surface area contributed by atoms with Gasteiger partial charge in [-0.25, -0.2) is 8.42 Å². The van der Waals surface area contributed by atoms with Crippen LogP contribution in [0.25, 0.3) is 0 Å². The van der Waals surface area contributed by atoms with E-state index in [9.17, 15) is 23.3 Å². The molecule has 1 N–H and O–H groups in total. The highest BCUT2D eigenvalue weighted by molar-refractivity contribution is 7.89. The second-order valence-electron chi connectivity index (χ2n) is 5.14. The van der Waals surface area contributed by atoms with Crippen molar-refractivity contribution in [1.29, 1.82) is 0 Å². The van der Waals surface area contributed by atoms with Gasteiger partial charge < -0.3 is 4.74 Å². The van der Waals surface area contributed by atoms with Crippen LogP contribution in [-0.2, 0) is 26.0 Å². The first-order chi connectivity index (χ1) is 11.8. The Morgan fingerprint density at radius 3 is 2.28 bits per heavy atom. The van der Waals surface area contributed by atoms with Crippen molar-refractivity contribution in [2.24, 2.45) is 0 Å². The van der Waals surface area contributed by atoms with Crippen LogP contribution in [-0.4, -0.2) is 32.5 Å². The monoisotopic (exact) mass is 364 g/mol. The van der Waals surface area contributed by atoms with Gasteiger partial charge in [0.1, 0.15) is 6.04 Å². The molecule has 8 nitrogen and oxygen atoms in total. The molecule has 0 fully saturated rings. The molecule has 2 aromatic carbocycles. The Balaban J connectivity index is 2.24. The molecule has 2 rings (SSSR count). The summed E-state index contributed by atoms with van der Waals surface area (Å²) >= 11 is 0. The molecule has 9 heteroatoms. The van der Waals surface area contributed by atoms with Crippen LogP contribution >= 0.6 is 0 Å². The molecule has 0 heterocycles. The van der Waals surface area contributed by atoms with E-state index in [4.69, 9.17) is 0 Å². The van der Waals surface area contributed by atoms with Crippen molar-refractivity contribution >= 4 is 21.7 Å². The van der Waals surface area contributed by atoms with E-state index in [0.29, 0.717) is 0 Å². The minimum absolute atomic E-state index is 0.111. The van der Waals surface area contributed by atoms with Crippen molar-refractivity contribution in [3.63, 3.8) is 0 Å². The zero-order chi connectivity index (χ0) is 18.4. The van der Waals surface area contributed by atoms with E-state index in [1.54, 1.807) is 30.3 Å². The zero-order valence-electron chi connectivity index (χ0n) is 13.3. The second-order valence-corrected chi connectivity index (χ2v) is 6.85. The van der Waals surface area contributed by atoms with Crippen molar-refractivity contribution in [3.8, 4) is 0 Å². The van der Waals surface area contributed by atoms with Gasteiger partial charge in [0.25, 0.3) is 5.69 Å². The average molecular weight is 364 g/mol. The highest BCUT2D eigenvalue weighted by atomic mass is 32.2. The van der Waals surface area contributed by atoms with Crippen LogP contribution in [0.5, 0.6) is 0 Å². The summed E-state index contributed by atoms with van der Waals surface area (Å²) in [5.74, 6) is -0.727. The number of esters is 1. The third-order valence-corrected chi connectivity index (χ3v) is 4.91. The largest absolute Gasteiger partial charge is 0.468 e. The maximum atomic E-state index is 12.4. The van der Waals surface area contributed by atoms with Gasteiger partial charge in [0.15, 0.2) is 0 Å². The summed E-state index contributed by atoms with van der Waals surface area (Å²) in [6.45, 7) is 0. The summed E-state index contributed by atoms with van der Waals surface area (Å²) in [6.07, 6.45) is 0.111. The number of carbonyl (C=O) groups excluding carboxylic acids is 1. The minimum Gasteiger partial charge on any atom is -0.468 e. The summed E-state index contributed by atoms with van der Waals surface area (Å²) in [4.78, 5) is 21.8. The first kappa shape index (κ1) is 18.6. The molecule has 0 spiro atoms. The van der Waals surface area contributed by atoms with Crippen LogP contribution in [0.3, 0.4) is 0 Å². The molecule has 1 unspecified atom stereocenters. The predicted octanol–water partition coefficient (Wildman–Crippen LogP) is 1.66. The lowest BCUT2D eigenvalue weighted by Crippen LogP contribution is -2.42. The molecule has 0 aromatic heterocycles. The van der Waals surface area contributed by atoms with Crippen LogP contribution in [0.2, 0.25) is 0 Å². The van der Waals surface area contributed by atoms with E-state index in [0.717, 1.165) is 29.8 Å². The van der Waals surface area contributed by atoms with Gasteiger partial charge in [-0.3, -0.25) is 14.9 Å². The molecule has 25 heavy (non-hydrogen) atoms. The third-order valence-electron chi connectivity index (χ3n) is 3.42. The lowest BCUT2D eigenvalue weighted by Gasteiger charge is -2.16. The smallest absolute Gasteiger partial charge is 0.324 e. The van der Waals surface area contributed by atoms with Gasteiger partial charge in [-0.1, -0.05) is 30.3 Å². The predicted molar refractivity (Wildman–Crippen MR) is 89.4 cm³/mol. The number of rotatable bonds is 7. The van der Waals surface area contributed by atoms with E-state index in [2.05, 4.69) is 9.46 Å². The number of nitro benzene ring substituents is 1. The fourth-order valence-corrected chi connectivity index (χ4v) is 3.35. The van der Waals surface area contributed by atoms with Crippen LogP contribution in [0.4, 0.5) is 5.69 Å². The molecule has 0 radical (unpaired) electrons. The number of sulfonamides is 1. The molecule has 0 saturated carbocycles. The molecule has 0 bridgehead atoms. The first-order valence-corrected chi connectivity index (χ1v) is 8.70. The molecule has 1 atom stereocenters. The number of hydrogen-bond acceptors (Lipinski definition) is 6. The molecule has 132 valence electrons. The van der Waals surface area contributed by atoms with Crippen molar-refractivity contribution in [2.75, 3.05) is 7.11 Å². The normalized spacial score (nSPS) is 12.4. The van der Waals surface area contributed by atoms with E-state index in [1.807, 2.05) is 0 Å². The number of ether oxygens (including phenoxy) is 1. The van der Waals surface area contributed by atoms with Gasteiger partial charge in [0.2, 0.25) is 10.0 Å². The summed E-state index contributed by atoms with van der Waals surface area (Å²) in [5.41, 5.74) is 0.525. The Morgan fingerprint density at radius 2 is 1.76 bits per heavy atom. The average Bonchev–Trinajstić information content (AvgIpc) is 2.61. The molecule has 0 aliphatic rings. The van der Waals surface area contributed by atoms with Gasteiger partial charge in [-0.2, -0.15) is 4.72 Å². The van der Waals surface area contributed by atoms with Crippen molar-refractivity contribution in [3.05, 3.63) is 70.3 Å². The topological polar surface area (TPSA) is 116 Å². The van der Waals surface area contributed by atoms with Crippen molar-refractivity contribution < 1.29 is 22.9 Å². The Morgan fingerprint density at radius 1 is 1.16 bits per heavy atom. The highest BCUT2D eigenvalue weighted by Crippen LogP contribution is 2.16. The van der Waals surface area contributed by atoms with E-state index in [-0.39, 0.29) is 17.0 Å². The van der Waals surface area contributed by atoms with Crippen LogP contribution < -0.4 is 4.72 Å². The number of non-ortho nitro benzene ring substituents is 1. The lowest BCUT2D eigenvalue weighted by molar-refractivity contribution is -0.384. The number of nitrogens with one attached hydrogen (secondary N) is 1. The van der Waals surface area contributed by atoms with Crippen LogP contribution in [0.1, 0.15) is 5.56 Å². The van der Waals surface area contributed by atoms with Gasteiger partial charge in [0, 0.05) is 12.1 Å².